The maximum Gasteiger partial charge on any atom is 0.251 e. The van der Waals surface area contributed by atoms with Crippen molar-refractivity contribution < 1.29 is 32.5 Å². The second kappa shape index (κ2) is 11.0. The molecular weight excluding hydrogens is 424 g/mol. The minimum atomic E-state index is -3.72. The lowest BCUT2D eigenvalue weighted by Gasteiger charge is -2.17. The zero-order valence-electron chi connectivity index (χ0n) is 17.9. The van der Waals surface area contributed by atoms with Crippen molar-refractivity contribution in [2.45, 2.75) is 30.9 Å². The summed E-state index contributed by atoms with van der Waals surface area (Å²) in [7, 11) is -0.744. The summed E-state index contributed by atoms with van der Waals surface area (Å²) in [6.45, 7) is 3.19. The zero-order valence-corrected chi connectivity index (χ0v) is 18.7. The van der Waals surface area contributed by atoms with Crippen LogP contribution in [0.1, 0.15) is 24.2 Å². The predicted octanol–water partition coefficient (Wildman–Crippen LogP) is 1.56. The van der Waals surface area contributed by atoms with Crippen molar-refractivity contribution in [1.29, 1.82) is 0 Å². The molecule has 1 atom stereocenters. The number of benzene rings is 2. The third-order valence-electron chi connectivity index (χ3n) is 4.10. The second-order valence-electron chi connectivity index (χ2n) is 6.97. The van der Waals surface area contributed by atoms with Gasteiger partial charge in [0.1, 0.15) is 12.7 Å². The first-order valence-electron chi connectivity index (χ1n) is 9.60. The van der Waals surface area contributed by atoms with Gasteiger partial charge < -0.3 is 24.6 Å². The van der Waals surface area contributed by atoms with Gasteiger partial charge in [0, 0.05) is 18.2 Å². The fourth-order valence-corrected chi connectivity index (χ4v) is 3.99. The van der Waals surface area contributed by atoms with Gasteiger partial charge in [0.05, 0.1) is 19.1 Å². The highest BCUT2D eigenvalue weighted by molar-refractivity contribution is 7.89. The van der Waals surface area contributed by atoms with Crippen LogP contribution in [0, 0.1) is 0 Å². The molecule has 1 amide bonds. The number of nitrogens with one attached hydrogen (secondary N) is 2. The molecule has 0 saturated carbocycles. The molecule has 0 bridgehead atoms. The summed E-state index contributed by atoms with van der Waals surface area (Å²) in [6.07, 6.45) is -1.02. The van der Waals surface area contributed by atoms with E-state index in [2.05, 4.69) is 10.0 Å². The first-order chi connectivity index (χ1) is 14.7. The molecule has 3 N–H and O–H groups in total. The van der Waals surface area contributed by atoms with Crippen LogP contribution in [0.4, 0.5) is 0 Å². The molecule has 0 aliphatic carbocycles. The molecule has 0 aliphatic rings. The molecule has 170 valence electrons. The highest BCUT2D eigenvalue weighted by atomic mass is 32.2. The van der Waals surface area contributed by atoms with Crippen LogP contribution < -0.4 is 24.2 Å². The highest BCUT2D eigenvalue weighted by Gasteiger charge is 2.18. The Morgan fingerprint density at radius 3 is 2.26 bits per heavy atom. The maximum absolute atomic E-state index is 12.4. The molecule has 0 radical (unpaired) electrons. The number of methoxy groups -OCH3 is 2. The van der Waals surface area contributed by atoms with Crippen molar-refractivity contribution >= 4 is 15.9 Å². The van der Waals surface area contributed by atoms with E-state index >= 15 is 0 Å². The number of para-hydroxylation sites is 1. The van der Waals surface area contributed by atoms with Crippen LogP contribution >= 0.6 is 0 Å². The molecule has 31 heavy (non-hydrogen) atoms. The Morgan fingerprint density at radius 1 is 1.06 bits per heavy atom. The van der Waals surface area contributed by atoms with Crippen molar-refractivity contribution in [1.82, 2.24) is 10.0 Å². The van der Waals surface area contributed by atoms with E-state index in [4.69, 9.17) is 14.2 Å². The quantitative estimate of drug-likeness (QED) is 0.473. The lowest BCUT2D eigenvalue weighted by molar-refractivity contribution is 0.0833. The lowest BCUT2D eigenvalue weighted by Crippen LogP contribution is -2.35. The lowest BCUT2D eigenvalue weighted by atomic mass is 10.2. The van der Waals surface area contributed by atoms with Crippen LogP contribution in [-0.4, -0.2) is 58.9 Å². The van der Waals surface area contributed by atoms with Gasteiger partial charge in [-0.1, -0.05) is 12.1 Å². The number of ether oxygens (including phenoxy) is 3. The van der Waals surface area contributed by atoms with Crippen LogP contribution in [0.5, 0.6) is 17.2 Å². The molecule has 0 aliphatic heterocycles. The number of sulfonamides is 1. The van der Waals surface area contributed by atoms with E-state index in [-0.39, 0.29) is 29.7 Å². The Kier molecular flexibility index (Phi) is 8.66. The third kappa shape index (κ3) is 6.84. The molecule has 9 nitrogen and oxygen atoms in total. The van der Waals surface area contributed by atoms with Crippen LogP contribution in [0.15, 0.2) is 47.4 Å². The Labute approximate surface area is 182 Å². The number of aliphatic hydroxyl groups excluding tert-OH is 1. The first-order valence-corrected chi connectivity index (χ1v) is 11.1. The van der Waals surface area contributed by atoms with Crippen LogP contribution in [0.3, 0.4) is 0 Å². The third-order valence-corrected chi connectivity index (χ3v) is 5.75. The van der Waals surface area contributed by atoms with Gasteiger partial charge in [-0.25, -0.2) is 13.1 Å². The van der Waals surface area contributed by atoms with E-state index in [1.807, 2.05) is 0 Å². The maximum atomic E-state index is 12.4. The monoisotopic (exact) mass is 452 g/mol. The molecule has 0 aromatic heterocycles. The summed E-state index contributed by atoms with van der Waals surface area (Å²) in [5, 5.41) is 12.8. The minimum absolute atomic E-state index is 0.0130. The van der Waals surface area contributed by atoms with E-state index in [1.165, 1.54) is 38.5 Å². The Bertz CT molecular complexity index is 971. The molecule has 2 aromatic rings. The van der Waals surface area contributed by atoms with Crippen molar-refractivity contribution in [3.8, 4) is 17.2 Å². The topological polar surface area (TPSA) is 123 Å². The average molecular weight is 453 g/mol. The molecule has 0 fully saturated rings. The molecule has 10 heteroatoms. The Hall–Kier alpha value is -2.82. The van der Waals surface area contributed by atoms with E-state index in [0.717, 1.165) is 0 Å². The number of amides is 1. The van der Waals surface area contributed by atoms with Crippen LogP contribution in [-0.2, 0) is 10.0 Å². The van der Waals surface area contributed by atoms with Gasteiger partial charge in [-0.05, 0) is 44.2 Å². The molecule has 1 unspecified atom stereocenters. The summed E-state index contributed by atoms with van der Waals surface area (Å²) in [5.74, 6) is 0.719. The highest BCUT2D eigenvalue weighted by Crippen LogP contribution is 2.36. The molecule has 0 heterocycles. The van der Waals surface area contributed by atoms with Gasteiger partial charge in [0.2, 0.25) is 15.8 Å². The van der Waals surface area contributed by atoms with Crippen molar-refractivity contribution in [3.05, 3.63) is 48.0 Å². The van der Waals surface area contributed by atoms with Gasteiger partial charge in [-0.2, -0.15) is 0 Å². The largest absolute Gasteiger partial charge is 0.493 e. The van der Waals surface area contributed by atoms with E-state index in [0.29, 0.717) is 17.2 Å². The number of carbonyl (C=O) groups is 1. The number of aliphatic hydroxyl groups is 1. The first kappa shape index (κ1) is 24.4. The minimum Gasteiger partial charge on any atom is -0.493 e. The van der Waals surface area contributed by atoms with Crippen molar-refractivity contribution in [2.75, 3.05) is 27.4 Å². The summed E-state index contributed by atoms with van der Waals surface area (Å²) in [4.78, 5) is 12.4. The standard InChI is InChI=1S/C21H28N2O7S/c1-14(2)23-31(26,27)17-8-5-7-15(11-17)21(25)22-12-16(24)13-30-20-18(28-3)9-6-10-19(20)29-4/h5-11,14,16,23-24H,12-13H2,1-4H3,(H,22,25). The number of hydrogen-bond donors (Lipinski definition) is 3. The van der Waals surface area contributed by atoms with Crippen molar-refractivity contribution in [2.24, 2.45) is 0 Å². The van der Waals surface area contributed by atoms with Gasteiger partial charge >= 0.3 is 0 Å². The van der Waals surface area contributed by atoms with Gasteiger partial charge in [-0.3, -0.25) is 4.79 Å². The Balaban J connectivity index is 1.97. The van der Waals surface area contributed by atoms with Crippen LogP contribution in [0.25, 0.3) is 0 Å². The normalized spacial score (nSPS) is 12.3. The predicted molar refractivity (Wildman–Crippen MR) is 115 cm³/mol. The van der Waals surface area contributed by atoms with Gasteiger partial charge in [0.25, 0.3) is 5.91 Å². The average Bonchev–Trinajstić information content (AvgIpc) is 2.74. The number of carbonyl (C=O) groups excluding carboxylic acids is 1. The summed E-state index contributed by atoms with van der Waals surface area (Å²) < 4.78 is 43.1. The van der Waals surface area contributed by atoms with Gasteiger partial charge in [0.15, 0.2) is 11.5 Å². The van der Waals surface area contributed by atoms with Crippen LogP contribution in [0.2, 0.25) is 0 Å². The molecule has 0 saturated heterocycles. The smallest absolute Gasteiger partial charge is 0.251 e. The fraction of sp³-hybridized carbons (Fsp3) is 0.381. The van der Waals surface area contributed by atoms with Gasteiger partial charge in [-0.15, -0.1) is 0 Å². The summed E-state index contributed by atoms with van der Waals surface area (Å²) in [5.41, 5.74) is 0.158. The fourth-order valence-electron chi connectivity index (χ4n) is 2.69. The summed E-state index contributed by atoms with van der Waals surface area (Å²) >= 11 is 0. The van der Waals surface area contributed by atoms with E-state index in [9.17, 15) is 18.3 Å². The van der Waals surface area contributed by atoms with E-state index in [1.54, 1.807) is 32.0 Å². The SMILES string of the molecule is COc1cccc(OC)c1OCC(O)CNC(=O)c1cccc(S(=O)(=O)NC(C)C)c1. The molecular formula is C21H28N2O7S. The zero-order chi connectivity index (χ0) is 23.0. The Morgan fingerprint density at radius 2 is 1.68 bits per heavy atom. The van der Waals surface area contributed by atoms with Crippen molar-refractivity contribution in [3.63, 3.8) is 0 Å². The summed E-state index contributed by atoms with van der Waals surface area (Å²) in [6, 6.07) is 10.5. The number of rotatable bonds is 11. The molecule has 2 rings (SSSR count). The molecule has 0 spiro atoms. The number of hydrogen-bond acceptors (Lipinski definition) is 7. The second-order valence-corrected chi connectivity index (χ2v) is 8.68. The van der Waals surface area contributed by atoms with E-state index < -0.39 is 22.0 Å². The molecule has 2 aromatic carbocycles.